The smallest absolute Gasteiger partial charge is 0.396 e. The van der Waals surface area contributed by atoms with Crippen LogP contribution >= 0.6 is 23.2 Å². The topological polar surface area (TPSA) is 46.5 Å². The molecule has 1 unspecified atom stereocenters. The molecule has 2 aromatic rings. The van der Waals surface area contributed by atoms with Gasteiger partial charge in [0.1, 0.15) is 12.4 Å². The van der Waals surface area contributed by atoms with Crippen molar-refractivity contribution in [3.05, 3.63) is 57.6 Å². The Labute approximate surface area is 163 Å². The molecule has 0 aliphatic carbocycles. The van der Waals surface area contributed by atoms with Crippen molar-refractivity contribution < 1.29 is 27.8 Å². The summed E-state index contributed by atoms with van der Waals surface area (Å²) in [7, 11) is 0. The van der Waals surface area contributed by atoms with Crippen molar-refractivity contribution in [3.63, 3.8) is 0 Å². The van der Waals surface area contributed by atoms with Gasteiger partial charge in [0.2, 0.25) is 0 Å². The fourth-order valence-corrected chi connectivity index (χ4v) is 3.31. The highest BCUT2D eigenvalue weighted by atomic mass is 35.5. The maximum atomic E-state index is 13.3. The molecule has 27 heavy (non-hydrogen) atoms. The number of carboxylic acid groups (broad SMARTS) is 1. The van der Waals surface area contributed by atoms with Gasteiger partial charge in [-0.3, -0.25) is 4.79 Å². The second kappa shape index (κ2) is 7.44. The number of aliphatic carboxylic acids is 1. The van der Waals surface area contributed by atoms with Crippen molar-refractivity contribution in [1.29, 1.82) is 0 Å². The van der Waals surface area contributed by atoms with Gasteiger partial charge in [-0.15, -0.1) is 0 Å². The van der Waals surface area contributed by atoms with E-state index in [1.165, 1.54) is 12.1 Å². The first-order valence-corrected chi connectivity index (χ1v) is 8.62. The minimum atomic E-state index is -4.69. The summed E-state index contributed by atoms with van der Waals surface area (Å²) in [6, 6.07) is 10.0. The highest BCUT2D eigenvalue weighted by Gasteiger charge is 2.44. The standard InChI is InChI=1S/C19H13Cl2F3O3/c20-13-3-1-10(2-4-13)15-7-14(21)6-11-5-12(9-27-18(11)15)16(8-17(25)26)19(22,23)24/h1-7,16H,8-9H2,(H,25,26). The molecule has 1 atom stereocenters. The molecule has 0 spiro atoms. The minimum absolute atomic E-state index is 0.151. The summed E-state index contributed by atoms with van der Waals surface area (Å²) in [4.78, 5) is 10.9. The predicted molar refractivity (Wildman–Crippen MR) is 97.2 cm³/mol. The van der Waals surface area contributed by atoms with Crippen LogP contribution in [0, 0.1) is 5.92 Å². The zero-order valence-electron chi connectivity index (χ0n) is 13.7. The third kappa shape index (κ3) is 4.39. The normalized spacial score (nSPS) is 14.8. The molecule has 1 aliphatic rings. The summed E-state index contributed by atoms with van der Waals surface area (Å²) in [5.74, 6) is -3.26. The van der Waals surface area contributed by atoms with Gasteiger partial charge < -0.3 is 9.84 Å². The average Bonchev–Trinajstić information content (AvgIpc) is 2.58. The number of hydrogen-bond donors (Lipinski definition) is 1. The summed E-state index contributed by atoms with van der Waals surface area (Å²) < 4.78 is 45.5. The molecule has 0 fully saturated rings. The summed E-state index contributed by atoms with van der Waals surface area (Å²) >= 11 is 12.0. The van der Waals surface area contributed by atoms with Crippen molar-refractivity contribution >= 4 is 35.2 Å². The summed E-state index contributed by atoms with van der Waals surface area (Å²) in [6.07, 6.45) is -4.44. The van der Waals surface area contributed by atoms with E-state index < -0.39 is 24.5 Å². The van der Waals surface area contributed by atoms with Gasteiger partial charge in [0.15, 0.2) is 0 Å². The highest BCUT2D eigenvalue weighted by Crippen LogP contribution is 2.43. The number of benzene rings is 2. The number of fused-ring (bicyclic) bond motifs is 1. The van der Waals surface area contributed by atoms with E-state index >= 15 is 0 Å². The van der Waals surface area contributed by atoms with Crippen molar-refractivity contribution in [3.8, 4) is 16.9 Å². The van der Waals surface area contributed by atoms with E-state index in [9.17, 15) is 18.0 Å². The zero-order chi connectivity index (χ0) is 19.8. The summed E-state index contributed by atoms with van der Waals surface area (Å²) in [6.45, 7) is -0.354. The maximum Gasteiger partial charge on any atom is 0.396 e. The van der Waals surface area contributed by atoms with E-state index in [-0.39, 0.29) is 12.2 Å². The van der Waals surface area contributed by atoms with Crippen LogP contribution in [0.25, 0.3) is 17.2 Å². The van der Waals surface area contributed by atoms with Gasteiger partial charge in [0, 0.05) is 21.2 Å². The number of alkyl halides is 3. The van der Waals surface area contributed by atoms with Crippen molar-refractivity contribution in [2.45, 2.75) is 12.6 Å². The second-order valence-electron chi connectivity index (χ2n) is 6.08. The van der Waals surface area contributed by atoms with Crippen molar-refractivity contribution in [2.24, 2.45) is 5.92 Å². The Balaban J connectivity index is 2.07. The highest BCUT2D eigenvalue weighted by molar-refractivity contribution is 6.31. The number of halogens is 5. The largest absolute Gasteiger partial charge is 0.488 e. The van der Waals surface area contributed by atoms with E-state index in [0.29, 0.717) is 26.9 Å². The molecule has 0 saturated carbocycles. The van der Waals surface area contributed by atoms with Crippen LogP contribution < -0.4 is 4.74 Å². The molecule has 1 N–H and O–H groups in total. The first-order valence-electron chi connectivity index (χ1n) is 7.86. The molecule has 3 nitrogen and oxygen atoms in total. The predicted octanol–water partition coefficient (Wildman–Crippen LogP) is 6.09. The monoisotopic (exact) mass is 416 g/mol. The molecule has 3 rings (SSSR count). The lowest BCUT2D eigenvalue weighted by Crippen LogP contribution is -2.30. The quantitative estimate of drug-likeness (QED) is 0.655. The van der Waals surface area contributed by atoms with Crippen molar-refractivity contribution in [1.82, 2.24) is 0 Å². The molecule has 142 valence electrons. The lowest BCUT2D eigenvalue weighted by Gasteiger charge is -2.27. The molecule has 0 aromatic heterocycles. The van der Waals surface area contributed by atoms with Crippen molar-refractivity contribution in [2.75, 3.05) is 6.61 Å². The van der Waals surface area contributed by atoms with Crippen LogP contribution in [0.1, 0.15) is 12.0 Å². The van der Waals surface area contributed by atoms with Gasteiger partial charge in [-0.2, -0.15) is 13.2 Å². The molecular weight excluding hydrogens is 404 g/mol. The van der Waals surface area contributed by atoms with Gasteiger partial charge >= 0.3 is 12.1 Å². The lowest BCUT2D eigenvalue weighted by atomic mass is 9.90. The molecule has 0 radical (unpaired) electrons. The maximum absolute atomic E-state index is 13.3. The van der Waals surface area contributed by atoms with E-state index in [1.54, 1.807) is 30.3 Å². The first kappa shape index (κ1) is 19.6. The molecule has 8 heteroatoms. The second-order valence-corrected chi connectivity index (χ2v) is 6.95. The third-order valence-corrected chi connectivity index (χ3v) is 4.65. The minimum Gasteiger partial charge on any atom is -0.488 e. The third-order valence-electron chi connectivity index (χ3n) is 4.18. The Bertz CT molecular complexity index is 906. The number of carbonyl (C=O) groups is 1. The van der Waals surface area contributed by atoms with Gasteiger partial charge in [-0.25, -0.2) is 0 Å². The van der Waals surface area contributed by atoms with Gasteiger partial charge in [0.05, 0.1) is 12.3 Å². The van der Waals surface area contributed by atoms with Crippen LogP contribution in [0.15, 0.2) is 42.0 Å². The Morgan fingerprint density at radius 2 is 1.81 bits per heavy atom. The van der Waals surface area contributed by atoms with E-state index in [1.807, 2.05) is 0 Å². The molecule has 1 heterocycles. The molecule has 1 aliphatic heterocycles. The number of carboxylic acids is 1. The number of ether oxygens (including phenoxy) is 1. The lowest BCUT2D eigenvalue weighted by molar-refractivity contribution is -0.174. The molecule has 0 amide bonds. The van der Waals surface area contributed by atoms with E-state index in [4.69, 9.17) is 33.0 Å². The first-order chi connectivity index (χ1) is 12.6. The van der Waals surface area contributed by atoms with Crippen LogP contribution in [-0.4, -0.2) is 23.9 Å². The summed E-state index contributed by atoms with van der Waals surface area (Å²) in [5.41, 5.74) is 1.58. The Kier molecular flexibility index (Phi) is 5.40. The van der Waals surface area contributed by atoms with Crippen LogP contribution in [0.3, 0.4) is 0 Å². The fraction of sp³-hybridized carbons (Fsp3) is 0.211. The van der Waals surface area contributed by atoms with Crippen LogP contribution in [0.4, 0.5) is 13.2 Å². The number of hydrogen-bond acceptors (Lipinski definition) is 2. The molecular formula is C19H13Cl2F3O3. The van der Waals surface area contributed by atoms with Gasteiger partial charge in [-0.05, 0) is 41.5 Å². The molecule has 2 aromatic carbocycles. The Morgan fingerprint density at radius 1 is 1.15 bits per heavy atom. The molecule has 0 bridgehead atoms. The van der Waals surface area contributed by atoms with Gasteiger partial charge in [0.25, 0.3) is 0 Å². The summed E-state index contributed by atoms with van der Waals surface area (Å²) in [5, 5.41) is 9.69. The van der Waals surface area contributed by atoms with E-state index in [0.717, 1.165) is 5.56 Å². The Hall–Kier alpha value is -2.18. The fourth-order valence-electron chi connectivity index (χ4n) is 2.96. The van der Waals surface area contributed by atoms with E-state index in [2.05, 4.69) is 0 Å². The Morgan fingerprint density at radius 3 is 2.41 bits per heavy atom. The zero-order valence-corrected chi connectivity index (χ0v) is 15.2. The number of rotatable bonds is 4. The van der Waals surface area contributed by atoms with Crippen LogP contribution in [0.2, 0.25) is 10.0 Å². The SMILES string of the molecule is O=C(O)CC(C1=Cc2cc(Cl)cc(-c3ccc(Cl)cc3)c2OC1)C(F)(F)F. The average molecular weight is 417 g/mol. The van der Waals surface area contributed by atoms with Crippen LogP contribution in [0.5, 0.6) is 5.75 Å². The van der Waals surface area contributed by atoms with Crippen LogP contribution in [-0.2, 0) is 4.79 Å². The molecule has 0 saturated heterocycles. The van der Waals surface area contributed by atoms with Gasteiger partial charge in [-0.1, -0.05) is 35.3 Å².